The molecule has 0 aliphatic heterocycles. The molecule has 0 bridgehead atoms. The van der Waals surface area contributed by atoms with E-state index < -0.39 is 11.4 Å². The van der Waals surface area contributed by atoms with Crippen LogP contribution in [-0.4, -0.2) is 21.4 Å². The number of fused-ring (bicyclic) bond motifs is 3. The van der Waals surface area contributed by atoms with Crippen LogP contribution < -0.4 is 16.2 Å². The summed E-state index contributed by atoms with van der Waals surface area (Å²) in [6.45, 7) is 1.60. The minimum Gasteiger partial charge on any atom is -0.448 e. The minimum atomic E-state index is -0.430. The molecule has 2 N–H and O–H groups in total. The average molecular weight is 484 g/mol. The largest absolute Gasteiger partial charge is 0.448 e. The summed E-state index contributed by atoms with van der Waals surface area (Å²) < 4.78 is 19.9. The third-order valence-corrected chi connectivity index (χ3v) is 5.82. The molecule has 5 aromatic rings. The Morgan fingerprint density at radius 3 is 2.50 bits per heavy atom. The summed E-state index contributed by atoms with van der Waals surface area (Å²) in [6.07, 6.45) is 1.34. The number of rotatable bonds is 6. The second-order valence-corrected chi connectivity index (χ2v) is 8.33. The van der Waals surface area contributed by atoms with Crippen LogP contribution in [0.1, 0.15) is 28.9 Å². The Morgan fingerprint density at radius 2 is 1.75 bits per heavy atom. The molecule has 1 atom stereocenters. The van der Waals surface area contributed by atoms with Crippen molar-refractivity contribution in [2.75, 3.05) is 5.32 Å². The number of halogens is 1. The number of para-hydroxylation sites is 1. The number of hydrogen-bond donors (Lipinski definition) is 2. The fraction of sp³-hybridized carbons (Fsp3) is 0.111. The first kappa shape index (κ1) is 23.0. The van der Waals surface area contributed by atoms with Crippen molar-refractivity contribution >= 4 is 39.6 Å². The average Bonchev–Trinajstić information content (AvgIpc) is 3.26. The molecule has 1 unspecified atom stereocenters. The van der Waals surface area contributed by atoms with E-state index >= 15 is 0 Å². The van der Waals surface area contributed by atoms with Gasteiger partial charge in [0, 0.05) is 16.6 Å². The minimum absolute atomic E-state index is 0.109. The van der Waals surface area contributed by atoms with Gasteiger partial charge in [0.15, 0.2) is 0 Å². The van der Waals surface area contributed by atoms with Gasteiger partial charge in [-0.2, -0.15) is 0 Å². The molecule has 2 heterocycles. The van der Waals surface area contributed by atoms with Crippen LogP contribution in [0.4, 0.5) is 10.1 Å². The van der Waals surface area contributed by atoms with Gasteiger partial charge in [-0.1, -0.05) is 24.3 Å². The van der Waals surface area contributed by atoms with Gasteiger partial charge in [0.2, 0.25) is 11.5 Å². The van der Waals surface area contributed by atoms with Crippen LogP contribution in [0.3, 0.4) is 0 Å². The van der Waals surface area contributed by atoms with Crippen molar-refractivity contribution in [2.24, 2.45) is 0 Å². The third kappa shape index (κ3) is 4.58. The van der Waals surface area contributed by atoms with Gasteiger partial charge in [0.05, 0.1) is 12.4 Å². The highest BCUT2D eigenvalue weighted by molar-refractivity contribution is 6.04. The zero-order chi connectivity index (χ0) is 25.2. The highest BCUT2D eigenvalue weighted by Gasteiger charge is 2.16. The predicted octanol–water partition coefficient (Wildman–Crippen LogP) is 4.41. The van der Waals surface area contributed by atoms with Crippen molar-refractivity contribution in [3.8, 4) is 0 Å². The monoisotopic (exact) mass is 484 g/mol. The number of benzene rings is 3. The van der Waals surface area contributed by atoms with Crippen LogP contribution in [0.15, 0.2) is 88.3 Å². The van der Waals surface area contributed by atoms with Crippen molar-refractivity contribution in [1.82, 2.24) is 14.9 Å². The molecule has 2 amide bonds. The summed E-state index contributed by atoms with van der Waals surface area (Å²) in [5.74, 6) is -1.14. The number of amides is 2. The first-order valence-corrected chi connectivity index (χ1v) is 11.2. The van der Waals surface area contributed by atoms with Crippen LogP contribution in [0, 0.1) is 5.82 Å². The van der Waals surface area contributed by atoms with Crippen molar-refractivity contribution in [3.63, 3.8) is 0 Å². The number of carbonyl (C=O) groups excluding carboxylic acids is 2. The van der Waals surface area contributed by atoms with Gasteiger partial charge in [0.25, 0.3) is 11.5 Å². The number of aromatic nitrogens is 2. The van der Waals surface area contributed by atoms with E-state index in [0.717, 1.165) is 10.9 Å². The van der Waals surface area contributed by atoms with E-state index in [1.54, 1.807) is 30.3 Å². The maximum atomic E-state index is 13.0. The van der Waals surface area contributed by atoms with Crippen LogP contribution in [0.2, 0.25) is 0 Å². The maximum absolute atomic E-state index is 13.0. The van der Waals surface area contributed by atoms with Crippen LogP contribution in [0.5, 0.6) is 0 Å². The molecule has 0 saturated carbocycles. The van der Waals surface area contributed by atoms with Crippen LogP contribution in [0.25, 0.3) is 22.1 Å². The first-order valence-electron chi connectivity index (χ1n) is 11.2. The molecular weight excluding hydrogens is 463 g/mol. The molecule has 0 spiro atoms. The lowest BCUT2D eigenvalue weighted by Gasteiger charge is -2.15. The quantitative estimate of drug-likeness (QED) is 0.371. The van der Waals surface area contributed by atoms with Gasteiger partial charge < -0.3 is 15.1 Å². The number of hydrogen-bond acceptors (Lipinski definition) is 5. The van der Waals surface area contributed by atoms with Crippen molar-refractivity contribution in [3.05, 3.63) is 106 Å². The van der Waals surface area contributed by atoms with E-state index in [0.29, 0.717) is 22.4 Å². The number of nitrogens with zero attached hydrogens (tertiary/aromatic N) is 2. The number of furan rings is 1. The smallest absolute Gasteiger partial charge is 0.297 e. The van der Waals surface area contributed by atoms with E-state index in [2.05, 4.69) is 15.6 Å². The van der Waals surface area contributed by atoms with E-state index in [1.807, 2.05) is 25.1 Å². The van der Waals surface area contributed by atoms with E-state index in [4.69, 9.17) is 4.42 Å². The summed E-state index contributed by atoms with van der Waals surface area (Å²) >= 11 is 0. The Balaban J connectivity index is 1.23. The normalized spacial score (nSPS) is 11.9. The lowest BCUT2D eigenvalue weighted by molar-refractivity contribution is -0.122. The van der Waals surface area contributed by atoms with Crippen molar-refractivity contribution in [2.45, 2.75) is 19.5 Å². The lowest BCUT2D eigenvalue weighted by Crippen LogP contribution is -2.33. The highest BCUT2D eigenvalue weighted by atomic mass is 19.1. The van der Waals surface area contributed by atoms with Gasteiger partial charge >= 0.3 is 0 Å². The first-order chi connectivity index (χ1) is 17.4. The molecule has 5 rings (SSSR count). The zero-order valence-electron chi connectivity index (χ0n) is 19.2. The standard InChI is InChI=1S/C27H21FN4O4/c1-16(17-8-12-20(13-9-17)31-26(34)18-6-10-19(28)11-7-18)30-23(33)14-32-15-29-24-21-4-2-3-5-22(21)36-25(24)27(32)35/h2-13,15-16H,14H2,1H3,(H,30,33)(H,31,34). The molecule has 0 radical (unpaired) electrons. The second-order valence-electron chi connectivity index (χ2n) is 8.33. The second kappa shape index (κ2) is 9.46. The van der Waals surface area contributed by atoms with Crippen molar-refractivity contribution in [1.29, 1.82) is 0 Å². The summed E-state index contributed by atoms with van der Waals surface area (Å²) in [4.78, 5) is 42.1. The predicted molar refractivity (Wildman–Crippen MR) is 133 cm³/mol. The number of nitrogens with one attached hydrogen (secondary N) is 2. The van der Waals surface area contributed by atoms with E-state index in [9.17, 15) is 18.8 Å². The van der Waals surface area contributed by atoms with E-state index in [-0.39, 0.29) is 30.0 Å². The molecule has 180 valence electrons. The van der Waals surface area contributed by atoms with Gasteiger partial charge in [-0.15, -0.1) is 0 Å². The van der Waals surface area contributed by atoms with Crippen LogP contribution >= 0.6 is 0 Å². The highest BCUT2D eigenvalue weighted by Crippen LogP contribution is 2.24. The van der Waals surface area contributed by atoms with Crippen LogP contribution in [-0.2, 0) is 11.3 Å². The summed E-state index contributed by atoms with van der Waals surface area (Å²) in [5, 5.41) is 6.35. The Morgan fingerprint density at radius 1 is 1.03 bits per heavy atom. The maximum Gasteiger partial charge on any atom is 0.297 e. The molecule has 0 fully saturated rings. The molecule has 0 aliphatic rings. The number of carbonyl (C=O) groups is 2. The molecule has 8 nitrogen and oxygen atoms in total. The Kier molecular flexibility index (Phi) is 6.03. The molecule has 0 saturated heterocycles. The molecule has 3 aromatic carbocycles. The van der Waals surface area contributed by atoms with E-state index in [1.165, 1.54) is 35.2 Å². The Bertz CT molecular complexity index is 1640. The zero-order valence-corrected chi connectivity index (χ0v) is 19.2. The Labute approximate surface area is 204 Å². The SMILES string of the molecule is CC(NC(=O)Cn1cnc2c(oc3ccccc32)c1=O)c1ccc(NC(=O)c2ccc(F)cc2)cc1. The van der Waals surface area contributed by atoms with Gasteiger partial charge in [-0.25, -0.2) is 9.37 Å². The third-order valence-electron chi connectivity index (χ3n) is 5.82. The molecule has 2 aromatic heterocycles. The van der Waals surface area contributed by atoms with Gasteiger partial charge in [-0.05, 0) is 61.0 Å². The number of anilines is 1. The topological polar surface area (TPSA) is 106 Å². The Hall–Kier alpha value is -4.79. The molecular formula is C27H21FN4O4. The lowest BCUT2D eigenvalue weighted by atomic mass is 10.1. The molecule has 36 heavy (non-hydrogen) atoms. The van der Waals surface area contributed by atoms with Gasteiger partial charge in [-0.3, -0.25) is 19.0 Å². The van der Waals surface area contributed by atoms with Gasteiger partial charge in [0.1, 0.15) is 23.5 Å². The fourth-order valence-electron chi connectivity index (χ4n) is 3.91. The molecule has 0 aliphatic carbocycles. The molecule has 9 heteroatoms. The summed E-state index contributed by atoms with van der Waals surface area (Å²) in [5.41, 5.74) is 2.41. The summed E-state index contributed by atoms with van der Waals surface area (Å²) in [7, 11) is 0. The fourth-order valence-corrected chi connectivity index (χ4v) is 3.91. The summed E-state index contributed by atoms with van der Waals surface area (Å²) in [6, 6.07) is 19.1. The van der Waals surface area contributed by atoms with Crippen molar-refractivity contribution < 1.29 is 18.4 Å².